The molecule has 4 nitrogen and oxygen atoms in total. The minimum atomic E-state index is -0.740. The molecule has 18 heavy (non-hydrogen) atoms. The highest BCUT2D eigenvalue weighted by Crippen LogP contribution is 2.38. The number of carboxylic acids is 1. The molecule has 0 radical (unpaired) electrons. The Balaban J connectivity index is 2.40. The van der Waals surface area contributed by atoms with Gasteiger partial charge in [0.2, 0.25) is 0 Å². The summed E-state index contributed by atoms with van der Waals surface area (Å²) >= 11 is 0. The van der Waals surface area contributed by atoms with E-state index >= 15 is 0 Å². The average Bonchev–Trinajstić information content (AvgIpc) is 2.28. The van der Waals surface area contributed by atoms with E-state index in [-0.39, 0.29) is 11.6 Å². The van der Waals surface area contributed by atoms with E-state index in [4.69, 9.17) is 4.74 Å². The summed E-state index contributed by atoms with van der Waals surface area (Å²) in [5, 5.41) is 12.4. The SMILES string of the molecule is CCCC[C@H](NC(C)CC1(OC)CCC1)C(=O)O. The van der Waals surface area contributed by atoms with Crippen LogP contribution in [0.5, 0.6) is 0 Å². The van der Waals surface area contributed by atoms with Gasteiger partial charge in [0.1, 0.15) is 6.04 Å². The van der Waals surface area contributed by atoms with Gasteiger partial charge in [-0.15, -0.1) is 0 Å². The van der Waals surface area contributed by atoms with Gasteiger partial charge in [0.05, 0.1) is 5.60 Å². The van der Waals surface area contributed by atoms with E-state index in [1.807, 2.05) is 0 Å². The van der Waals surface area contributed by atoms with Crippen molar-refractivity contribution in [1.82, 2.24) is 5.32 Å². The predicted molar refractivity (Wildman–Crippen MR) is 71.8 cm³/mol. The summed E-state index contributed by atoms with van der Waals surface area (Å²) in [7, 11) is 1.76. The van der Waals surface area contributed by atoms with Crippen molar-refractivity contribution >= 4 is 5.97 Å². The fourth-order valence-corrected chi connectivity index (χ4v) is 2.71. The Morgan fingerprint density at radius 2 is 2.17 bits per heavy atom. The number of carbonyl (C=O) groups is 1. The maximum atomic E-state index is 11.2. The molecule has 0 aromatic carbocycles. The molecule has 1 rings (SSSR count). The molecule has 0 heterocycles. The number of unbranched alkanes of at least 4 members (excludes halogenated alkanes) is 1. The zero-order chi connectivity index (χ0) is 13.6. The van der Waals surface area contributed by atoms with Crippen molar-refractivity contribution in [2.45, 2.75) is 76.5 Å². The molecular weight excluding hydrogens is 230 g/mol. The van der Waals surface area contributed by atoms with Crippen molar-refractivity contribution in [3.8, 4) is 0 Å². The standard InChI is InChI=1S/C14H27NO3/c1-4-5-7-12(13(16)17)15-11(2)10-14(18-3)8-6-9-14/h11-12,15H,4-10H2,1-3H3,(H,16,17)/t11?,12-/m0/s1. The molecule has 0 aliphatic heterocycles. The van der Waals surface area contributed by atoms with E-state index < -0.39 is 12.0 Å². The molecule has 0 aromatic heterocycles. The fraction of sp³-hybridized carbons (Fsp3) is 0.929. The zero-order valence-electron chi connectivity index (χ0n) is 11.9. The Hall–Kier alpha value is -0.610. The van der Waals surface area contributed by atoms with Crippen LogP contribution in [-0.4, -0.2) is 35.9 Å². The first-order chi connectivity index (χ1) is 8.53. The Kier molecular flexibility index (Phi) is 6.09. The van der Waals surface area contributed by atoms with Gasteiger partial charge in [0, 0.05) is 13.2 Å². The van der Waals surface area contributed by atoms with Crippen molar-refractivity contribution in [3.05, 3.63) is 0 Å². The Labute approximate surface area is 110 Å². The van der Waals surface area contributed by atoms with E-state index in [1.165, 1.54) is 6.42 Å². The second-order valence-electron chi connectivity index (χ2n) is 5.55. The lowest BCUT2D eigenvalue weighted by molar-refractivity contribution is -0.140. The second kappa shape index (κ2) is 7.10. The Morgan fingerprint density at radius 1 is 1.50 bits per heavy atom. The summed E-state index contributed by atoms with van der Waals surface area (Å²) < 4.78 is 5.58. The monoisotopic (exact) mass is 257 g/mol. The molecule has 0 aromatic rings. The smallest absolute Gasteiger partial charge is 0.320 e. The highest BCUT2D eigenvalue weighted by molar-refractivity contribution is 5.73. The molecular formula is C14H27NO3. The highest BCUT2D eigenvalue weighted by Gasteiger charge is 2.38. The summed E-state index contributed by atoms with van der Waals surface area (Å²) in [6, 6.07) is -0.239. The number of methoxy groups -OCH3 is 1. The van der Waals surface area contributed by atoms with Crippen LogP contribution in [0.3, 0.4) is 0 Å². The van der Waals surface area contributed by atoms with Crippen LogP contribution in [0.4, 0.5) is 0 Å². The molecule has 1 aliphatic rings. The molecule has 0 saturated heterocycles. The maximum Gasteiger partial charge on any atom is 0.320 e. The molecule has 1 saturated carbocycles. The van der Waals surface area contributed by atoms with Gasteiger partial charge in [-0.25, -0.2) is 0 Å². The van der Waals surface area contributed by atoms with Gasteiger partial charge in [-0.05, 0) is 39.0 Å². The average molecular weight is 257 g/mol. The molecule has 1 aliphatic carbocycles. The molecule has 106 valence electrons. The van der Waals surface area contributed by atoms with Crippen molar-refractivity contribution in [2.75, 3.05) is 7.11 Å². The number of rotatable bonds is 9. The second-order valence-corrected chi connectivity index (χ2v) is 5.55. The third-order valence-corrected chi connectivity index (χ3v) is 4.01. The van der Waals surface area contributed by atoms with Crippen molar-refractivity contribution in [1.29, 1.82) is 0 Å². The van der Waals surface area contributed by atoms with E-state index in [0.29, 0.717) is 6.42 Å². The summed E-state index contributed by atoms with van der Waals surface area (Å²) in [6.07, 6.45) is 7.01. The molecule has 0 amide bonds. The van der Waals surface area contributed by atoms with E-state index in [2.05, 4.69) is 19.2 Å². The third kappa shape index (κ3) is 4.25. The van der Waals surface area contributed by atoms with E-state index in [0.717, 1.165) is 32.1 Å². The Morgan fingerprint density at radius 3 is 2.56 bits per heavy atom. The third-order valence-electron chi connectivity index (χ3n) is 4.01. The number of ether oxygens (including phenoxy) is 1. The summed E-state index contributed by atoms with van der Waals surface area (Å²) in [5.74, 6) is -0.740. The summed E-state index contributed by atoms with van der Waals surface area (Å²) in [4.78, 5) is 11.2. The molecule has 4 heteroatoms. The van der Waals surface area contributed by atoms with E-state index in [9.17, 15) is 9.90 Å². The lowest BCUT2D eigenvalue weighted by Gasteiger charge is -2.42. The van der Waals surface area contributed by atoms with Crippen molar-refractivity contribution < 1.29 is 14.6 Å². The van der Waals surface area contributed by atoms with E-state index in [1.54, 1.807) is 7.11 Å². The van der Waals surface area contributed by atoms with Crippen LogP contribution in [0, 0.1) is 0 Å². The van der Waals surface area contributed by atoms with Gasteiger partial charge in [-0.2, -0.15) is 0 Å². The molecule has 2 atom stereocenters. The number of hydrogen-bond donors (Lipinski definition) is 2. The topological polar surface area (TPSA) is 58.6 Å². The lowest BCUT2D eigenvalue weighted by atomic mass is 9.76. The van der Waals surface area contributed by atoms with Gasteiger partial charge >= 0.3 is 5.97 Å². The normalized spacial score (nSPS) is 21.1. The maximum absolute atomic E-state index is 11.2. The molecule has 0 spiro atoms. The predicted octanol–water partition coefficient (Wildman–Crippen LogP) is 2.57. The van der Waals surface area contributed by atoms with Gasteiger partial charge in [-0.3, -0.25) is 4.79 Å². The molecule has 2 N–H and O–H groups in total. The lowest BCUT2D eigenvalue weighted by Crippen LogP contribution is -2.49. The minimum Gasteiger partial charge on any atom is -0.480 e. The fourth-order valence-electron chi connectivity index (χ4n) is 2.71. The number of carboxylic acid groups (broad SMARTS) is 1. The van der Waals surface area contributed by atoms with Crippen LogP contribution in [0.15, 0.2) is 0 Å². The van der Waals surface area contributed by atoms with Crippen LogP contribution in [-0.2, 0) is 9.53 Å². The quantitative estimate of drug-likeness (QED) is 0.666. The highest BCUT2D eigenvalue weighted by atomic mass is 16.5. The van der Waals surface area contributed by atoms with Crippen LogP contribution >= 0.6 is 0 Å². The van der Waals surface area contributed by atoms with Crippen molar-refractivity contribution in [2.24, 2.45) is 0 Å². The molecule has 0 bridgehead atoms. The van der Waals surface area contributed by atoms with Crippen molar-refractivity contribution in [3.63, 3.8) is 0 Å². The largest absolute Gasteiger partial charge is 0.480 e. The Bertz CT molecular complexity index is 258. The number of hydrogen-bond acceptors (Lipinski definition) is 3. The van der Waals surface area contributed by atoms with Crippen LogP contribution < -0.4 is 5.32 Å². The van der Waals surface area contributed by atoms with Gasteiger partial charge < -0.3 is 15.2 Å². The summed E-state index contributed by atoms with van der Waals surface area (Å²) in [5.41, 5.74) is 0.000225. The molecule has 1 fully saturated rings. The number of nitrogens with one attached hydrogen (secondary N) is 1. The zero-order valence-corrected chi connectivity index (χ0v) is 11.9. The number of aliphatic carboxylic acids is 1. The van der Waals surface area contributed by atoms with Crippen LogP contribution in [0.2, 0.25) is 0 Å². The van der Waals surface area contributed by atoms with Crippen LogP contribution in [0.1, 0.15) is 58.8 Å². The van der Waals surface area contributed by atoms with Gasteiger partial charge in [0.25, 0.3) is 0 Å². The minimum absolute atomic E-state index is 0.000225. The van der Waals surface area contributed by atoms with Gasteiger partial charge in [0.15, 0.2) is 0 Å². The first kappa shape index (κ1) is 15.4. The summed E-state index contributed by atoms with van der Waals surface area (Å²) in [6.45, 7) is 4.14. The van der Waals surface area contributed by atoms with Gasteiger partial charge in [-0.1, -0.05) is 19.8 Å². The first-order valence-corrected chi connectivity index (χ1v) is 7.07. The van der Waals surface area contributed by atoms with Crippen LogP contribution in [0.25, 0.3) is 0 Å². The molecule has 1 unspecified atom stereocenters. The first-order valence-electron chi connectivity index (χ1n) is 7.07.